The molecule has 0 aromatic heterocycles. The van der Waals surface area contributed by atoms with E-state index >= 15 is 0 Å². The summed E-state index contributed by atoms with van der Waals surface area (Å²) in [5.41, 5.74) is 0.629. The number of fused-ring (bicyclic) bond motifs is 1. The number of nitrogens with zero attached hydrogens (tertiary/aromatic N) is 2. The summed E-state index contributed by atoms with van der Waals surface area (Å²) in [6.45, 7) is 0.778. The highest BCUT2D eigenvalue weighted by Gasteiger charge is 2.34. The molecule has 0 spiro atoms. The van der Waals surface area contributed by atoms with Crippen LogP contribution in [-0.4, -0.2) is 55.4 Å². The third-order valence-electron chi connectivity index (χ3n) is 4.11. The number of likely N-dealkylation sites (tertiary alicyclic amines) is 1. The summed E-state index contributed by atoms with van der Waals surface area (Å²) in [7, 11) is 1.53. The van der Waals surface area contributed by atoms with Crippen LogP contribution in [0.15, 0.2) is 24.3 Å². The minimum atomic E-state index is -0.756. The first-order chi connectivity index (χ1) is 11.1. The van der Waals surface area contributed by atoms with Crippen LogP contribution in [0.5, 0.6) is 5.75 Å². The molecule has 1 N–H and O–H groups in total. The van der Waals surface area contributed by atoms with Gasteiger partial charge in [-0.15, -0.1) is 0 Å². The molecule has 1 atom stereocenters. The van der Waals surface area contributed by atoms with E-state index in [4.69, 9.17) is 4.74 Å². The average Bonchev–Trinajstić information content (AvgIpc) is 2.97. The topological polar surface area (TPSA) is 79.0 Å². The minimum absolute atomic E-state index is 0.00254. The molecule has 3 amide bonds. The molecule has 0 bridgehead atoms. The Kier molecular flexibility index (Phi) is 4.18. The molecule has 7 nitrogen and oxygen atoms in total. The van der Waals surface area contributed by atoms with E-state index in [1.54, 1.807) is 23.1 Å². The number of anilines is 1. The molecule has 1 aromatic rings. The van der Waals surface area contributed by atoms with E-state index in [2.05, 4.69) is 5.32 Å². The van der Waals surface area contributed by atoms with Crippen molar-refractivity contribution in [1.29, 1.82) is 0 Å². The highest BCUT2D eigenvalue weighted by atomic mass is 16.5. The Morgan fingerprint density at radius 3 is 2.83 bits per heavy atom. The van der Waals surface area contributed by atoms with Gasteiger partial charge in [-0.3, -0.25) is 14.4 Å². The molecule has 23 heavy (non-hydrogen) atoms. The third-order valence-corrected chi connectivity index (χ3v) is 4.11. The van der Waals surface area contributed by atoms with E-state index in [1.807, 2.05) is 6.07 Å². The SMILES string of the molecule is CNC(=O)[C@H]1CN(C(=O)CN2CCCC2=O)c2ccccc2O1. The highest BCUT2D eigenvalue weighted by molar-refractivity contribution is 5.99. The highest BCUT2D eigenvalue weighted by Crippen LogP contribution is 2.33. The van der Waals surface area contributed by atoms with Gasteiger partial charge in [-0.2, -0.15) is 0 Å². The van der Waals surface area contributed by atoms with E-state index in [1.165, 1.54) is 11.9 Å². The zero-order valence-electron chi connectivity index (χ0n) is 12.9. The number of amides is 3. The number of benzene rings is 1. The first-order valence-electron chi connectivity index (χ1n) is 7.65. The molecule has 1 aromatic carbocycles. The van der Waals surface area contributed by atoms with Crippen molar-refractivity contribution in [3.8, 4) is 5.75 Å². The Morgan fingerprint density at radius 2 is 2.13 bits per heavy atom. The number of para-hydroxylation sites is 2. The van der Waals surface area contributed by atoms with Crippen molar-refractivity contribution in [2.75, 3.05) is 31.6 Å². The lowest BCUT2D eigenvalue weighted by atomic mass is 10.1. The number of rotatable bonds is 3. The van der Waals surface area contributed by atoms with Crippen LogP contribution in [0.4, 0.5) is 5.69 Å². The third kappa shape index (κ3) is 2.99. The fraction of sp³-hybridized carbons (Fsp3) is 0.438. The van der Waals surface area contributed by atoms with Crippen LogP contribution in [-0.2, 0) is 14.4 Å². The molecular formula is C16H19N3O4. The molecule has 7 heteroatoms. The normalized spacial score (nSPS) is 20.0. The monoisotopic (exact) mass is 317 g/mol. The lowest BCUT2D eigenvalue weighted by Gasteiger charge is -2.34. The molecule has 0 saturated carbocycles. The average molecular weight is 317 g/mol. The van der Waals surface area contributed by atoms with Crippen LogP contribution in [0, 0.1) is 0 Å². The molecule has 2 heterocycles. The van der Waals surface area contributed by atoms with Gasteiger partial charge in [-0.05, 0) is 18.6 Å². The molecule has 3 rings (SSSR count). The standard InChI is InChI=1S/C16H19N3O4/c1-17-16(22)13-9-19(11-5-2-3-6-12(11)23-13)15(21)10-18-8-4-7-14(18)20/h2-3,5-6,13H,4,7-10H2,1H3,(H,17,22)/t13-/m1/s1. The molecule has 122 valence electrons. The first kappa shape index (κ1) is 15.3. The molecule has 0 aliphatic carbocycles. The molecule has 0 unspecified atom stereocenters. The Hall–Kier alpha value is -2.57. The van der Waals surface area contributed by atoms with Crippen LogP contribution in [0.2, 0.25) is 0 Å². The molecular weight excluding hydrogens is 298 g/mol. The summed E-state index contributed by atoms with van der Waals surface area (Å²) in [5.74, 6) is 0.00986. The Morgan fingerprint density at radius 1 is 1.35 bits per heavy atom. The summed E-state index contributed by atoms with van der Waals surface area (Å²) < 4.78 is 5.67. The summed E-state index contributed by atoms with van der Waals surface area (Å²) in [6, 6.07) is 7.10. The number of hydrogen-bond acceptors (Lipinski definition) is 4. The zero-order chi connectivity index (χ0) is 16.4. The molecule has 1 fully saturated rings. The van der Waals surface area contributed by atoms with Gasteiger partial charge in [0.15, 0.2) is 6.10 Å². The van der Waals surface area contributed by atoms with Gasteiger partial charge in [0.05, 0.1) is 12.2 Å². The second-order valence-corrected chi connectivity index (χ2v) is 5.61. The largest absolute Gasteiger partial charge is 0.477 e. The number of carbonyl (C=O) groups is 3. The van der Waals surface area contributed by atoms with Crippen molar-refractivity contribution in [3.63, 3.8) is 0 Å². The Bertz CT molecular complexity index is 646. The Labute approximate surface area is 134 Å². The van der Waals surface area contributed by atoms with Crippen molar-refractivity contribution >= 4 is 23.4 Å². The number of likely N-dealkylation sites (N-methyl/N-ethyl adjacent to an activating group) is 1. The van der Waals surface area contributed by atoms with Gasteiger partial charge in [0.2, 0.25) is 11.8 Å². The molecule has 2 aliphatic rings. The predicted molar refractivity (Wildman–Crippen MR) is 83.1 cm³/mol. The number of hydrogen-bond donors (Lipinski definition) is 1. The summed E-state index contributed by atoms with van der Waals surface area (Å²) in [6.07, 6.45) is 0.522. The van der Waals surface area contributed by atoms with Crippen molar-refractivity contribution in [1.82, 2.24) is 10.2 Å². The summed E-state index contributed by atoms with van der Waals surface area (Å²) >= 11 is 0. The number of ether oxygens (including phenoxy) is 1. The van der Waals surface area contributed by atoms with E-state index < -0.39 is 6.10 Å². The molecule has 2 aliphatic heterocycles. The second kappa shape index (κ2) is 6.28. The van der Waals surface area contributed by atoms with Crippen molar-refractivity contribution < 1.29 is 19.1 Å². The van der Waals surface area contributed by atoms with Crippen LogP contribution in [0.3, 0.4) is 0 Å². The van der Waals surface area contributed by atoms with Gasteiger partial charge in [0.1, 0.15) is 12.3 Å². The number of carbonyl (C=O) groups excluding carboxylic acids is 3. The van der Waals surface area contributed by atoms with Gasteiger partial charge in [0, 0.05) is 20.0 Å². The maximum atomic E-state index is 12.7. The zero-order valence-corrected chi connectivity index (χ0v) is 12.9. The molecule has 1 saturated heterocycles. The first-order valence-corrected chi connectivity index (χ1v) is 7.65. The van der Waals surface area contributed by atoms with E-state index in [9.17, 15) is 14.4 Å². The van der Waals surface area contributed by atoms with E-state index in [0.717, 1.165) is 6.42 Å². The van der Waals surface area contributed by atoms with Gasteiger partial charge in [-0.1, -0.05) is 12.1 Å². The van der Waals surface area contributed by atoms with E-state index in [-0.39, 0.29) is 30.8 Å². The van der Waals surface area contributed by atoms with Crippen molar-refractivity contribution in [2.24, 2.45) is 0 Å². The fourth-order valence-corrected chi connectivity index (χ4v) is 2.89. The Balaban J connectivity index is 1.82. The second-order valence-electron chi connectivity index (χ2n) is 5.61. The predicted octanol–water partition coefficient (Wildman–Crippen LogP) is 0.149. The van der Waals surface area contributed by atoms with Crippen LogP contribution < -0.4 is 15.0 Å². The van der Waals surface area contributed by atoms with Crippen LogP contribution in [0.25, 0.3) is 0 Å². The van der Waals surface area contributed by atoms with Crippen molar-refractivity contribution in [3.05, 3.63) is 24.3 Å². The lowest BCUT2D eigenvalue weighted by Crippen LogP contribution is -2.52. The quantitative estimate of drug-likeness (QED) is 0.861. The smallest absolute Gasteiger partial charge is 0.262 e. The van der Waals surface area contributed by atoms with Crippen molar-refractivity contribution in [2.45, 2.75) is 18.9 Å². The number of nitrogens with one attached hydrogen (secondary N) is 1. The van der Waals surface area contributed by atoms with E-state index in [0.29, 0.717) is 24.4 Å². The van der Waals surface area contributed by atoms with Gasteiger partial charge >= 0.3 is 0 Å². The summed E-state index contributed by atoms with van der Waals surface area (Å²) in [4.78, 5) is 39.4. The molecule has 0 radical (unpaired) electrons. The van der Waals surface area contributed by atoms with Gasteiger partial charge < -0.3 is 19.9 Å². The van der Waals surface area contributed by atoms with Crippen LogP contribution in [0.1, 0.15) is 12.8 Å². The van der Waals surface area contributed by atoms with Crippen LogP contribution >= 0.6 is 0 Å². The van der Waals surface area contributed by atoms with Gasteiger partial charge in [0.25, 0.3) is 5.91 Å². The minimum Gasteiger partial charge on any atom is -0.477 e. The van der Waals surface area contributed by atoms with Gasteiger partial charge in [-0.25, -0.2) is 0 Å². The fourth-order valence-electron chi connectivity index (χ4n) is 2.89. The maximum Gasteiger partial charge on any atom is 0.262 e. The lowest BCUT2D eigenvalue weighted by molar-refractivity contribution is -0.133. The summed E-state index contributed by atoms with van der Waals surface area (Å²) in [5, 5.41) is 2.54. The maximum absolute atomic E-state index is 12.7.